The number of rotatable bonds is 3. The van der Waals surface area contributed by atoms with Gasteiger partial charge in [0.1, 0.15) is 16.8 Å². The number of carboxylic acids is 1. The average Bonchev–Trinajstić information content (AvgIpc) is 2.60. The van der Waals surface area contributed by atoms with Gasteiger partial charge in [-0.15, -0.1) is 11.8 Å². The van der Waals surface area contributed by atoms with Gasteiger partial charge in [-0.1, -0.05) is 58.0 Å². The molecule has 1 saturated heterocycles. The number of aliphatic carboxylic acids is 1. The minimum absolute atomic E-state index is 0.00338. The van der Waals surface area contributed by atoms with Crippen LogP contribution in [-0.2, 0) is 9.59 Å². The molecular formula is C14H7Cl5N2O3S2. The maximum absolute atomic E-state index is 12.4. The van der Waals surface area contributed by atoms with E-state index in [0.29, 0.717) is 11.3 Å². The number of benzene rings is 1. The normalized spacial score (nSPS) is 21.2. The van der Waals surface area contributed by atoms with Gasteiger partial charge < -0.3 is 5.11 Å². The Hall–Kier alpha value is -0.280. The smallest absolute Gasteiger partial charge is 0.352 e. The van der Waals surface area contributed by atoms with Crippen molar-refractivity contribution < 1.29 is 14.7 Å². The Kier molecular flexibility index (Phi) is 6.00. The van der Waals surface area contributed by atoms with Crippen molar-refractivity contribution in [1.29, 1.82) is 0 Å². The van der Waals surface area contributed by atoms with Crippen molar-refractivity contribution in [2.75, 3.05) is 5.75 Å². The maximum Gasteiger partial charge on any atom is 0.352 e. The van der Waals surface area contributed by atoms with Crippen molar-refractivity contribution in [3.05, 3.63) is 36.4 Å². The van der Waals surface area contributed by atoms with Gasteiger partial charge in [-0.3, -0.25) is 9.69 Å². The molecule has 0 saturated carbocycles. The van der Waals surface area contributed by atoms with Gasteiger partial charge in [-0.2, -0.15) is 0 Å². The monoisotopic (exact) mass is 490 g/mol. The summed E-state index contributed by atoms with van der Waals surface area (Å²) >= 11 is 32.5. The first-order valence-electron chi connectivity index (χ1n) is 6.81. The second kappa shape index (κ2) is 7.62. The summed E-state index contributed by atoms with van der Waals surface area (Å²) in [5.74, 6) is -1.14. The first-order valence-corrected chi connectivity index (χ1v) is 10.5. The first-order chi connectivity index (χ1) is 12.2. The van der Waals surface area contributed by atoms with Crippen LogP contribution in [0.1, 0.15) is 6.92 Å². The molecule has 0 spiro atoms. The molecule has 1 aromatic carbocycles. The number of β-lactam (4-membered cyclic amide) rings is 1. The van der Waals surface area contributed by atoms with E-state index in [2.05, 4.69) is 4.40 Å². The van der Waals surface area contributed by atoms with Crippen LogP contribution in [0, 0.1) is 0 Å². The fraction of sp³-hybridized carbons (Fsp3) is 0.214. The molecule has 1 amide bonds. The predicted molar refractivity (Wildman–Crippen MR) is 108 cm³/mol. The van der Waals surface area contributed by atoms with Crippen LogP contribution in [0.5, 0.6) is 0 Å². The van der Waals surface area contributed by atoms with E-state index < -0.39 is 17.3 Å². The summed E-state index contributed by atoms with van der Waals surface area (Å²) in [7, 11) is 0. The van der Waals surface area contributed by atoms with Crippen molar-refractivity contribution in [2.24, 2.45) is 4.40 Å². The van der Waals surface area contributed by atoms with Crippen molar-refractivity contribution >= 4 is 99.3 Å². The van der Waals surface area contributed by atoms with Crippen LogP contribution >= 0.6 is 81.7 Å². The number of carboxylic acid groups (broad SMARTS) is 1. The summed E-state index contributed by atoms with van der Waals surface area (Å²) in [6, 6.07) is 0. The van der Waals surface area contributed by atoms with Crippen LogP contribution in [0.2, 0.25) is 25.1 Å². The summed E-state index contributed by atoms with van der Waals surface area (Å²) in [5.41, 5.74) is 0.832. The van der Waals surface area contributed by atoms with Crippen molar-refractivity contribution in [3.63, 3.8) is 0 Å². The van der Waals surface area contributed by atoms with E-state index in [0.717, 1.165) is 11.9 Å². The second-order valence-electron chi connectivity index (χ2n) is 5.24. The summed E-state index contributed by atoms with van der Waals surface area (Å²) < 4.78 is 4.19. The Morgan fingerprint density at radius 2 is 1.69 bits per heavy atom. The van der Waals surface area contributed by atoms with E-state index in [4.69, 9.17) is 58.0 Å². The lowest BCUT2D eigenvalue weighted by Crippen LogP contribution is -2.62. The quantitative estimate of drug-likeness (QED) is 0.255. The van der Waals surface area contributed by atoms with Crippen LogP contribution in [0.25, 0.3) is 0 Å². The number of carbonyl (C=O) groups is 2. The number of hydrogen-bond donors (Lipinski definition) is 1. The minimum atomic E-state index is -1.14. The van der Waals surface area contributed by atoms with Gasteiger partial charge in [0.25, 0.3) is 5.91 Å². The van der Waals surface area contributed by atoms with Gasteiger partial charge in [0, 0.05) is 17.7 Å². The van der Waals surface area contributed by atoms with Crippen molar-refractivity contribution in [2.45, 2.75) is 17.2 Å². The van der Waals surface area contributed by atoms with Gasteiger partial charge in [-0.25, -0.2) is 9.19 Å². The number of halogens is 5. The molecule has 0 bridgehead atoms. The lowest BCUT2D eigenvalue weighted by Gasteiger charge is -2.44. The molecule has 0 aliphatic carbocycles. The average molecular weight is 493 g/mol. The van der Waals surface area contributed by atoms with E-state index in [1.807, 2.05) is 0 Å². The third-order valence-electron chi connectivity index (χ3n) is 3.62. The number of fused-ring (bicyclic) bond motifs is 1. The highest BCUT2D eigenvalue weighted by atomic mass is 35.5. The van der Waals surface area contributed by atoms with E-state index in [9.17, 15) is 14.7 Å². The third-order valence-corrected chi connectivity index (χ3v) is 8.35. The number of hydrogen-bond acceptors (Lipinski definition) is 5. The molecule has 0 unspecified atom stereocenters. The number of nitrogens with zero attached hydrogens (tertiary/aromatic N) is 2. The van der Waals surface area contributed by atoms with Crippen LogP contribution in [-0.4, -0.2) is 38.7 Å². The second-order valence-corrected chi connectivity index (χ2v) is 8.97. The van der Waals surface area contributed by atoms with Gasteiger partial charge in [-0.05, 0) is 12.5 Å². The van der Waals surface area contributed by atoms with E-state index in [-0.39, 0.29) is 41.4 Å². The van der Waals surface area contributed by atoms with E-state index in [1.165, 1.54) is 16.7 Å². The number of amides is 1. The van der Waals surface area contributed by atoms with E-state index in [1.54, 1.807) is 6.92 Å². The molecular weight excluding hydrogens is 486 g/mol. The molecule has 1 N–H and O–H groups in total. The highest BCUT2D eigenvalue weighted by Gasteiger charge is 2.50. The zero-order valence-electron chi connectivity index (χ0n) is 12.6. The van der Waals surface area contributed by atoms with Gasteiger partial charge in [0.2, 0.25) is 0 Å². The predicted octanol–water partition coefficient (Wildman–Crippen LogP) is 5.68. The van der Waals surface area contributed by atoms with Gasteiger partial charge in [0.05, 0.1) is 30.0 Å². The first kappa shape index (κ1) is 20.5. The summed E-state index contributed by atoms with van der Waals surface area (Å²) in [4.78, 5) is 25.2. The molecule has 26 heavy (non-hydrogen) atoms. The Bertz CT molecular complexity index is 889. The maximum atomic E-state index is 12.4. The van der Waals surface area contributed by atoms with Crippen molar-refractivity contribution in [3.8, 4) is 0 Å². The molecule has 1 atom stereocenters. The fourth-order valence-electron chi connectivity index (χ4n) is 2.37. The summed E-state index contributed by atoms with van der Waals surface area (Å²) in [5, 5.41) is 9.09. The molecule has 0 radical (unpaired) electrons. The Labute approximate surface area is 181 Å². The molecule has 1 aromatic rings. The summed E-state index contributed by atoms with van der Waals surface area (Å²) in [6.45, 7) is 1.68. The molecule has 12 heteroatoms. The van der Waals surface area contributed by atoms with E-state index >= 15 is 0 Å². The highest BCUT2D eigenvalue weighted by Crippen LogP contribution is 2.49. The molecule has 5 nitrogen and oxygen atoms in total. The lowest BCUT2D eigenvalue weighted by molar-refractivity contribution is -0.139. The molecule has 2 heterocycles. The minimum Gasteiger partial charge on any atom is -0.477 e. The highest BCUT2D eigenvalue weighted by molar-refractivity contribution is 8.01. The molecule has 2 aliphatic rings. The standard InChI is InChI=1S/C14H7Cl5N2O3S2/c1-3-2-25-13-9(12(22)21(13)10(3)14(23)24)20-26-11-7(18)5(16)4(15)6(17)8(11)19/h13H,2H2,1H3,(H,23,24)/t13-/m0/s1. The fourth-order valence-corrected chi connectivity index (χ4v) is 5.83. The zero-order chi connectivity index (χ0) is 19.3. The third kappa shape index (κ3) is 3.21. The van der Waals surface area contributed by atoms with Gasteiger partial charge >= 0.3 is 5.97 Å². The zero-order valence-corrected chi connectivity index (χ0v) is 18.1. The van der Waals surface area contributed by atoms with Crippen LogP contribution in [0.15, 0.2) is 20.6 Å². The molecule has 3 rings (SSSR count). The topological polar surface area (TPSA) is 70.0 Å². The largest absolute Gasteiger partial charge is 0.477 e. The van der Waals surface area contributed by atoms with Gasteiger partial charge in [0.15, 0.2) is 0 Å². The summed E-state index contributed by atoms with van der Waals surface area (Å²) in [6.07, 6.45) is 0. The van der Waals surface area contributed by atoms with Crippen LogP contribution < -0.4 is 0 Å². The Morgan fingerprint density at radius 3 is 2.23 bits per heavy atom. The SMILES string of the molecule is CC1=C(C(=O)O)N2C(=O)C(=NSc3c(Cl)c(Cl)c(Cl)c(Cl)c3Cl)[C@@H]2SC1. The molecule has 0 aromatic heterocycles. The molecule has 1 fully saturated rings. The number of carbonyl (C=O) groups excluding carboxylic acids is 1. The lowest BCUT2D eigenvalue weighted by atomic mass is 10.1. The Morgan fingerprint density at radius 1 is 1.15 bits per heavy atom. The number of thioether (sulfide) groups is 1. The van der Waals surface area contributed by atoms with Crippen LogP contribution in [0.3, 0.4) is 0 Å². The van der Waals surface area contributed by atoms with Crippen molar-refractivity contribution in [1.82, 2.24) is 4.90 Å². The Balaban J connectivity index is 1.91. The van der Waals surface area contributed by atoms with Crippen LogP contribution in [0.4, 0.5) is 0 Å². The molecule has 138 valence electrons. The molecule has 2 aliphatic heterocycles.